The summed E-state index contributed by atoms with van der Waals surface area (Å²) in [6.07, 6.45) is 6.17. The van der Waals surface area contributed by atoms with E-state index in [0.717, 1.165) is 42.5 Å². The van der Waals surface area contributed by atoms with Gasteiger partial charge in [0.05, 0.1) is 0 Å². The highest BCUT2D eigenvalue weighted by Crippen LogP contribution is 2.24. The van der Waals surface area contributed by atoms with Crippen LogP contribution in [0.15, 0.2) is 30.6 Å². The minimum atomic E-state index is -0.190. The number of carbonyl (C=O) groups excluding carboxylic acids is 1. The normalized spacial score (nSPS) is 19.0. The zero-order valence-corrected chi connectivity index (χ0v) is 15.5. The maximum absolute atomic E-state index is 12.3. The molecule has 140 valence electrons. The van der Waals surface area contributed by atoms with Gasteiger partial charge >= 0.3 is 6.03 Å². The Morgan fingerprint density at radius 1 is 1.11 bits per heavy atom. The molecule has 27 heavy (non-hydrogen) atoms. The molecule has 2 aromatic rings. The third-order valence-corrected chi connectivity index (χ3v) is 4.54. The van der Waals surface area contributed by atoms with E-state index in [0.29, 0.717) is 0 Å². The standard InChI is InChI=1S/C20H23N5O2/c1-13-9-14(2)11-16(10-13)25-20(26)24-15-3-5-17(6-4-15)27-19-18(12-21)22-7-8-23-19/h7-11,15,17H,3-6H2,1-2H3,(H2,24,25,26). The molecule has 0 radical (unpaired) electrons. The number of anilines is 1. The van der Waals surface area contributed by atoms with E-state index in [4.69, 9.17) is 10.00 Å². The summed E-state index contributed by atoms with van der Waals surface area (Å²) in [6, 6.07) is 7.87. The fraction of sp³-hybridized carbons (Fsp3) is 0.400. The lowest BCUT2D eigenvalue weighted by Crippen LogP contribution is -2.41. The van der Waals surface area contributed by atoms with Gasteiger partial charge in [0, 0.05) is 24.1 Å². The van der Waals surface area contributed by atoms with Crippen molar-refractivity contribution in [1.82, 2.24) is 15.3 Å². The van der Waals surface area contributed by atoms with Crippen LogP contribution in [-0.2, 0) is 0 Å². The van der Waals surface area contributed by atoms with Crippen LogP contribution in [0.5, 0.6) is 5.88 Å². The first-order valence-corrected chi connectivity index (χ1v) is 9.07. The molecule has 1 saturated carbocycles. The van der Waals surface area contributed by atoms with E-state index in [2.05, 4.69) is 26.7 Å². The number of benzene rings is 1. The Balaban J connectivity index is 1.48. The SMILES string of the molecule is Cc1cc(C)cc(NC(=O)NC2CCC(Oc3nccnc3C#N)CC2)c1. The first-order chi connectivity index (χ1) is 13.0. The maximum atomic E-state index is 12.3. The number of ether oxygens (including phenoxy) is 1. The average Bonchev–Trinajstić information content (AvgIpc) is 2.63. The topological polar surface area (TPSA) is 99.9 Å². The van der Waals surface area contributed by atoms with Crippen molar-refractivity contribution in [3.8, 4) is 11.9 Å². The molecule has 1 heterocycles. The van der Waals surface area contributed by atoms with E-state index >= 15 is 0 Å². The van der Waals surface area contributed by atoms with Gasteiger partial charge in [-0.25, -0.2) is 14.8 Å². The van der Waals surface area contributed by atoms with E-state index < -0.39 is 0 Å². The third kappa shape index (κ3) is 5.17. The van der Waals surface area contributed by atoms with Crippen molar-refractivity contribution in [2.24, 2.45) is 0 Å². The summed E-state index contributed by atoms with van der Waals surface area (Å²) < 4.78 is 5.83. The van der Waals surface area contributed by atoms with Gasteiger partial charge in [0.1, 0.15) is 12.2 Å². The minimum Gasteiger partial charge on any atom is -0.472 e. The number of amides is 2. The Kier molecular flexibility index (Phi) is 5.87. The van der Waals surface area contributed by atoms with E-state index in [9.17, 15) is 4.79 Å². The molecule has 0 unspecified atom stereocenters. The van der Waals surface area contributed by atoms with E-state index in [1.54, 1.807) is 0 Å². The van der Waals surface area contributed by atoms with Crippen LogP contribution in [0.25, 0.3) is 0 Å². The first kappa shape index (κ1) is 18.6. The minimum absolute atomic E-state index is 0.0191. The summed E-state index contributed by atoms with van der Waals surface area (Å²) >= 11 is 0. The molecule has 3 rings (SSSR count). The van der Waals surface area contributed by atoms with Gasteiger partial charge < -0.3 is 15.4 Å². The molecular formula is C20H23N5O2. The molecule has 1 aromatic heterocycles. The van der Waals surface area contributed by atoms with Crippen LogP contribution in [0.2, 0.25) is 0 Å². The Morgan fingerprint density at radius 2 is 1.78 bits per heavy atom. The fourth-order valence-electron chi connectivity index (χ4n) is 3.37. The van der Waals surface area contributed by atoms with Gasteiger partial charge in [-0.1, -0.05) is 6.07 Å². The molecule has 0 aliphatic heterocycles. The largest absolute Gasteiger partial charge is 0.472 e. The first-order valence-electron chi connectivity index (χ1n) is 9.07. The molecule has 1 aliphatic carbocycles. The van der Waals surface area contributed by atoms with Crippen molar-refractivity contribution < 1.29 is 9.53 Å². The van der Waals surface area contributed by atoms with Gasteiger partial charge in [-0.3, -0.25) is 0 Å². The molecule has 0 bridgehead atoms. The molecule has 7 nitrogen and oxygen atoms in total. The van der Waals surface area contributed by atoms with Gasteiger partial charge in [0.15, 0.2) is 0 Å². The summed E-state index contributed by atoms with van der Waals surface area (Å²) in [5.74, 6) is 0.281. The van der Waals surface area contributed by atoms with E-state index in [-0.39, 0.29) is 29.8 Å². The second-order valence-electron chi connectivity index (χ2n) is 6.89. The number of aryl methyl sites for hydroxylation is 2. The molecule has 7 heteroatoms. The summed E-state index contributed by atoms with van der Waals surface area (Å²) in [5.41, 5.74) is 3.23. The van der Waals surface area contributed by atoms with Gasteiger partial charge in [-0.15, -0.1) is 0 Å². The van der Waals surface area contributed by atoms with Crippen molar-refractivity contribution >= 4 is 11.7 Å². The maximum Gasteiger partial charge on any atom is 0.319 e. The molecular weight excluding hydrogens is 342 g/mol. The number of hydrogen-bond donors (Lipinski definition) is 2. The molecule has 0 atom stereocenters. The Morgan fingerprint density at radius 3 is 2.44 bits per heavy atom. The lowest BCUT2D eigenvalue weighted by atomic mass is 9.93. The number of hydrogen-bond acceptors (Lipinski definition) is 5. The van der Waals surface area contributed by atoms with Crippen molar-refractivity contribution in [1.29, 1.82) is 5.26 Å². The molecule has 1 aliphatic rings. The van der Waals surface area contributed by atoms with Crippen LogP contribution in [0.3, 0.4) is 0 Å². The van der Waals surface area contributed by atoms with Crippen LogP contribution >= 0.6 is 0 Å². The fourth-order valence-corrected chi connectivity index (χ4v) is 3.37. The van der Waals surface area contributed by atoms with E-state index in [1.807, 2.05) is 32.0 Å². The number of aromatic nitrogens is 2. The second kappa shape index (κ2) is 8.49. The van der Waals surface area contributed by atoms with Crippen LogP contribution in [-0.4, -0.2) is 28.1 Å². The Bertz CT molecular complexity index is 833. The number of urea groups is 1. The van der Waals surface area contributed by atoms with Gasteiger partial charge in [-0.2, -0.15) is 5.26 Å². The Labute approximate surface area is 158 Å². The van der Waals surface area contributed by atoms with Crippen LogP contribution in [0.4, 0.5) is 10.5 Å². The van der Waals surface area contributed by atoms with Gasteiger partial charge in [0.25, 0.3) is 5.88 Å². The highest BCUT2D eigenvalue weighted by atomic mass is 16.5. The van der Waals surface area contributed by atoms with Crippen LogP contribution in [0.1, 0.15) is 42.5 Å². The van der Waals surface area contributed by atoms with Gasteiger partial charge in [-0.05, 0) is 62.8 Å². The zero-order chi connectivity index (χ0) is 19.2. The lowest BCUT2D eigenvalue weighted by molar-refractivity contribution is 0.134. The number of carbonyl (C=O) groups is 1. The predicted molar refractivity (Wildman–Crippen MR) is 101 cm³/mol. The number of nitrogens with one attached hydrogen (secondary N) is 2. The van der Waals surface area contributed by atoms with Gasteiger partial charge in [0.2, 0.25) is 5.69 Å². The molecule has 1 fully saturated rings. The summed E-state index contributed by atoms with van der Waals surface area (Å²) in [7, 11) is 0. The number of nitrogens with zero attached hydrogens (tertiary/aromatic N) is 3. The molecule has 2 amide bonds. The number of rotatable bonds is 4. The van der Waals surface area contributed by atoms with Crippen LogP contribution < -0.4 is 15.4 Å². The van der Waals surface area contributed by atoms with Crippen molar-refractivity contribution in [3.63, 3.8) is 0 Å². The van der Waals surface area contributed by atoms with Crippen molar-refractivity contribution in [3.05, 3.63) is 47.4 Å². The monoisotopic (exact) mass is 365 g/mol. The highest BCUT2D eigenvalue weighted by molar-refractivity contribution is 5.89. The molecule has 1 aromatic carbocycles. The summed E-state index contributed by atoms with van der Waals surface area (Å²) in [4.78, 5) is 20.3. The quantitative estimate of drug-likeness (QED) is 0.864. The average molecular weight is 365 g/mol. The molecule has 0 saturated heterocycles. The smallest absolute Gasteiger partial charge is 0.319 e. The zero-order valence-electron chi connectivity index (χ0n) is 15.5. The summed E-state index contributed by atoms with van der Waals surface area (Å²) in [6.45, 7) is 4.01. The highest BCUT2D eigenvalue weighted by Gasteiger charge is 2.25. The van der Waals surface area contributed by atoms with E-state index in [1.165, 1.54) is 12.4 Å². The Hall–Kier alpha value is -3.14. The second-order valence-corrected chi connectivity index (χ2v) is 6.89. The molecule has 0 spiro atoms. The lowest BCUT2D eigenvalue weighted by Gasteiger charge is -2.29. The summed E-state index contributed by atoms with van der Waals surface area (Å²) in [5, 5.41) is 15.0. The number of nitriles is 1. The van der Waals surface area contributed by atoms with Crippen molar-refractivity contribution in [2.45, 2.75) is 51.7 Å². The van der Waals surface area contributed by atoms with Crippen LogP contribution in [0, 0.1) is 25.2 Å². The third-order valence-electron chi connectivity index (χ3n) is 4.54. The molecule has 2 N–H and O–H groups in total. The predicted octanol–water partition coefficient (Wildman–Crippen LogP) is 3.48. The van der Waals surface area contributed by atoms with Crippen molar-refractivity contribution in [2.75, 3.05) is 5.32 Å².